The van der Waals surface area contributed by atoms with Crippen molar-refractivity contribution in [3.8, 4) is 5.88 Å². The molecule has 6 nitrogen and oxygen atoms in total. The molecule has 1 saturated carbocycles. The number of rotatable bonds is 7. The van der Waals surface area contributed by atoms with Gasteiger partial charge in [0.25, 0.3) is 0 Å². The number of hydrogen-bond donors (Lipinski definition) is 2. The molecule has 22 heavy (non-hydrogen) atoms. The van der Waals surface area contributed by atoms with Gasteiger partial charge in [0.05, 0.1) is 17.9 Å². The van der Waals surface area contributed by atoms with Crippen LogP contribution in [-0.4, -0.2) is 39.5 Å². The van der Waals surface area contributed by atoms with Crippen molar-refractivity contribution in [2.45, 2.75) is 64.0 Å². The van der Waals surface area contributed by atoms with Gasteiger partial charge >= 0.3 is 0 Å². The van der Waals surface area contributed by atoms with E-state index in [9.17, 15) is 9.90 Å². The van der Waals surface area contributed by atoms with E-state index in [4.69, 9.17) is 4.74 Å². The quantitative estimate of drug-likeness (QED) is 0.750. The van der Waals surface area contributed by atoms with E-state index in [0.717, 1.165) is 25.0 Å². The van der Waals surface area contributed by atoms with Crippen LogP contribution in [0.4, 0.5) is 0 Å². The fraction of sp³-hybridized carbons (Fsp3) is 0.688. The molecule has 0 aromatic carbocycles. The van der Waals surface area contributed by atoms with Gasteiger partial charge in [-0.1, -0.05) is 6.92 Å². The average molecular weight is 307 g/mol. The van der Waals surface area contributed by atoms with Gasteiger partial charge in [0.2, 0.25) is 11.8 Å². The van der Waals surface area contributed by atoms with Gasteiger partial charge in [-0.2, -0.15) is 5.10 Å². The minimum Gasteiger partial charge on any atom is -0.477 e. The van der Waals surface area contributed by atoms with Crippen molar-refractivity contribution in [3.63, 3.8) is 0 Å². The van der Waals surface area contributed by atoms with Crippen LogP contribution < -0.4 is 10.1 Å². The molecule has 0 saturated heterocycles. The number of hydrogen-bond acceptors (Lipinski definition) is 5. The first-order valence-corrected chi connectivity index (χ1v) is 7.95. The highest BCUT2D eigenvalue weighted by molar-refractivity contribution is 5.76. The Morgan fingerprint density at radius 1 is 1.50 bits per heavy atom. The van der Waals surface area contributed by atoms with Crippen LogP contribution >= 0.6 is 0 Å². The number of carbonyl (C=O) groups is 1. The number of nitrogens with zero attached hydrogens (tertiary/aromatic N) is 2. The zero-order valence-electron chi connectivity index (χ0n) is 13.3. The summed E-state index contributed by atoms with van der Waals surface area (Å²) < 4.78 is 5.44. The molecule has 2 N–H and O–H groups in total. The summed E-state index contributed by atoms with van der Waals surface area (Å²) in [6.07, 6.45) is 4.07. The van der Waals surface area contributed by atoms with Gasteiger partial charge in [-0.3, -0.25) is 4.79 Å². The van der Waals surface area contributed by atoms with Crippen LogP contribution in [0.5, 0.6) is 5.88 Å². The van der Waals surface area contributed by atoms with Crippen LogP contribution in [0.1, 0.15) is 51.1 Å². The minimum absolute atomic E-state index is 0.0175. The Morgan fingerprint density at radius 2 is 2.32 bits per heavy atom. The van der Waals surface area contributed by atoms with Gasteiger partial charge in [0.1, 0.15) is 0 Å². The normalized spacial score (nSPS) is 24.2. The van der Waals surface area contributed by atoms with Crippen molar-refractivity contribution < 1.29 is 14.6 Å². The Hall–Kier alpha value is -1.69. The third-order valence-corrected chi connectivity index (χ3v) is 4.18. The summed E-state index contributed by atoms with van der Waals surface area (Å²) in [5, 5.41) is 21.0. The molecule has 1 heterocycles. The number of nitrogens with one attached hydrogen (secondary N) is 1. The molecule has 1 aromatic rings. The van der Waals surface area contributed by atoms with E-state index in [1.165, 1.54) is 0 Å². The lowest BCUT2D eigenvalue weighted by Gasteiger charge is -2.20. The Bertz CT molecular complexity index is 492. The van der Waals surface area contributed by atoms with E-state index < -0.39 is 5.60 Å². The largest absolute Gasteiger partial charge is 0.477 e. The third-order valence-electron chi connectivity index (χ3n) is 4.18. The number of carbonyl (C=O) groups excluding carboxylic acids is 1. The Balaban J connectivity index is 1.61. The Kier molecular flexibility index (Phi) is 5.71. The number of aromatic nitrogens is 2. The molecular formula is C16H25N3O3. The average Bonchev–Trinajstić information content (AvgIpc) is 2.87. The lowest BCUT2D eigenvalue weighted by Crippen LogP contribution is -2.35. The summed E-state index contributed by atoms with van der Waals surface area (Å²) in [7, 11) is 0. The number of aryl methyl sites for hydroxylation is 1. The third kappa shape index (κ3) is 4.94. The second-order valence-electron chi connectivity index (χ2n) is 6.05. The Morgan fingerprint density at radius 3 is 2.95 bits per heavy atom. The lowest BCUT2D eigenvalue weighted by atomic mass is 9.99. The first-order valence-electron chi connectivity index (χ1n) is 7.95. The van der Waals surface area contributed by atoms with Gasteiger partial charge in [0, 0.05) is 18.5 Å². The fourth-order valence-electron chi connectivity index (χ4n) is 2.72. The molecule has 0 spiro atoms. The summed E-state index contributed by atoms with van der Waals surface area (Å²) >= 11 is 0. The van der Waals surface area contributed by atoms with Crippen LogP contribution in [0, 0.1) is 6.92 Å². The zero-order chi connectivity index (χ0) is 16.0. The van der Waals surface area contributed by atoms with Gasteiger partial charge in [0.15, 0.2) is 0 Å². The van der Waals surface area contributed by atoms with E-state index in [1.54, 1.807) is 6.07 Å². The van der Waals surface area contributed by atoms with Crippen molar-refractivity contribution in [1.82, 2.24) is 15.5 Å². The molecule has 2 atom stereocenters. The summed E-state index contributed by atoms with van der Waals surface area (Å²) in [6, 6.07) is 3.71. The highest BCUT2D eigenvalue weighted by Crippen LogP contribution is 2.32. The Labute approximate surface area is 131 Å². The van der Waals surface area contributed by atoms with E-state index in [1.807, 2.05) is 19.9 Å². The highest BCUT2D eigenvalue weighted by atomic mass is 16.5. The predicted octanol–water partition coefficient (Wildman–Crippen LogP) is 1.75. The summed E-state index contributed by atoms with van der Waals surface area (Å²) in [5.41, 5.74) is 0.251. The van der Waals surface area contributed by atoms with Gasteiger partial charge in [-0.15, -0.1) is 5.10 Å². The first-order chi connectivity index (χ1) is 10.5. The fourth-order valence-corrected chi connectivity index (χ4v) is 2.72. The van der Waals surface area contributed by atoms with Crippen molar-refractivity contribution in [1.29, 1.82) is 0 Å². The molecule has 1 aromatic heterocycles. The first kappa shape index (κ1) is 16.7. The molecule has 0 bridgehead atoms. The summed E-state index contributed by atoms with van der Waals surface area (Å²) in [6.45, 7) is 4.29. The summed E-state index contributed by atoms with van der Waals surface area (Å²) in [4.78, 5) is 11.9. The maximum atomic E-state index is 11.9. The van der Waals surface area contributed by atoms with E-state index >= 15 is 0 Å². The van der Waals surface area contributed by atoms with Crippen molar-refractivity contribution in [2.24, 2.45) is 0 Å². The number of aliphatic hydroxyl groups is 1. The van der Waals surface area contributed by atoms with Gasteiger partial charge in [-0.05, 0) is 45.1 Å². The molecule has 6 heteroatoms. The number of amides is 1. The van der Waals surface area contributed by atoms with Gasteiger partial charge in [-0.25, -0.2) is 0 Å². The topological polar surface area (TPSA) is 84.3 Å². The van der Waals surface area contributed by atoms with Gasteiger partial charge < -0.3 is 15.2 Å². The van der Waals surface area contributed by atoms with E-state index in [2.05, 4.69) is 15.5 Å². The van der Waals surface area contributed by atoms with Crippen LogP contribution in [0.2, 0.25) is 0 Å². The SMILES string of the molecule is CCC1(O)CCC(NC(=O)CCCOc2ccc(C)nn2)C1. The second kappa shape index (κ2) is 7.54. The predicted molar refractivity (Wildman–Crippen MR) is 82.5 cm³/mol. The molecule has 0 radical (unpaired) electrons. The van der Waals surface area contributed by atoms with Crippen LogP contribution in [0.15, 0.2) is 12.1 Å². The van der Waals surface area contributed by atoms with Crippen molar-refractivity contribution in [2.75, 3.05) is 6.61 Å². The van der Waals surface area contributed by atoms with Crippen molar-refractivity contribution in [3.05, 3.63) is 17.8 Å². The van der Waals surface area contributed by atoms with E-state index in [0.29, 0.717) is 31.7 Å². The molecule has 1 fully saturated rings. The highest BCUT2D eigenvalue weighted by Gasteiger charge is 2.36. The standard InChI is InChI=1S/C16H25N3O3/c1-3-16(21)9-8-13(11-16)17-14(20)5-4-10-22-15-7-6-12(2)18-19-15/h6-7,13,21H,3-5,8-11H2,1-2H3,(H,17,20). The smallest absolute Gasteiger partial charge is 0.233 e. The van der Waals surface area contributed by atoms with Crippen LogP contribution in [0.3, 0.4) is 0 Å². The molecule has 122 valence electrons. The monoisotopic (exact) mass is 307 g/mol. The maximum Gasteiger partial charge on any atom is 0.233 e. The molecule has 1 amide bonds. The zero-order valence-corrected chi connectivity index (χ0v) is 13.3. The minimum atomic E-state index is -0.592. The molecule has 0 aliphatic heterocycles. The lowest BCUT2D eigenvalue weighted by molar-refractivity contribution is -0.122. The molecular weight excluding hydrogens is 282 g/mol. The molecule has 1 aliphatic carbocycles. The van der Waals surface area contributed by atoms with Crippen LogP contribution in [0.25, 0.3) is 0 Å². The molecule has 2 rings (SSSR count). The van der Waals surface area contributed by atoms with E-state index in [-0.39, 0.29) is 11.9 Å². The van der Waals surface area contributed by atoms with Crippen LogP contribution in [-0.2, 0) is 4.79 Å². The maximum absolute atomic E-state index is 11.9. The molecule has 1 aliphatic rings. The van der Waals surface area contributed by atoms with Crippen molar-refractivity contribution >= 4 is 5.91 Å². The molecule has 2 unspecified atom stereocenters. The summed E-state index contributed by atoms with van der Waals surface area (Å²) in [5.74, 6) is 0.499. The number of ether oxygens (including phenoxy) is 1. The second-order valence-corrected chi connectivity index (χ2v) is 6.05.